The van der Waals surface area contributed by atoms with Gasteiger partial charge in [-0.3, -0.25) is 9.59 Å². The van der Waals surface area contributed by atoms with Gasteiger partial charge in [0, 0.05) is 24.3 Å². The van der Waals surface area contributed by atoms with Gasteiger partial charge in [0.2, 0.25) is 0 Å². The molecular formula is C17H18N4O2. The van der Waals surface area contributed by atoms with Crippen molar-refractivity contribution in [2.45, 2.75) is 19.8 Å². The lowest BCUT2D eigenvalue weighted by Crippen LogP contribution is -2.28. The Morgan fingerprint density at radius 2 is 1.87 bits per heavy atom. The Hall–Kier alpha value is -2.76. The number of nitrogens with one attached hydrogen (secondary N) is 1. The van der Waals surface area contributed by atoms with E-state index in [2.05, 4.69) is 15.5 Å². The average molecular weight is 310 g/mol. The minimum atomic E-state index is -0.0693. The van der Waals surface area contributed by atoms with Gasteiger partial charge in [0.1, 0.15) is 0 Å². The van der Waals surface area contributed by atoms with Crippen molar-refractivity contribution in [1.82, 2.24) is 15.1 Å². The molecule has 0 unspecified atom stereocenters. The molecule has 0 saturated carbocycles. The van der Waals surface area contributed by atoms with Crippen LogP contribution in [-0.2, 0) is 0 Å². The number of aromatic nitrogens is 2. The van der Waals surface area contributed by atoms with Crippen LogP contribution >= 0.6 is 0 Å². The summed E-state index contributed by atoms with van der Waals surface area (Å²) in [6.45, 7) is 3.11. The molecule has 6 heteroatoms. The van der Waals surface area contributed by atoms with E-state index in [-0.39, 0.29) is 11.7 Å². The molecule has 0 atom stereocenters. The number of rotatable bonds is 4. The number of benzene rings is 1. The maximum Gasteiger partial charge on any atom is 0.274 e. The number of nitrogens with zero attached hydrogens (tertiary/aromatic N) is 3. The summed E-state index contributed by atoms with van der Waals surface area (Å²) >= 11 is 0. The topological polar surface area (TPSA) is 75.2 Å². The van der Waals surface area contributed by atoms with Crippen molar-refractivity contribution in [3.05, 3.63) is 47.7 Å². The van der Waals surface area contributed by atoms with E-state index in [1.807, 2.05) is 6.07 Å². The van der Waals surface area contributed by atoms with Crippen LogP contribution in [0.25, 0.3) is 0 Å². The van der Waals surface area contributed by atoms with Crippen LogP contribution in [0.3, 0.4) is 0 Å². The van der Waals surface area contributed by atoms with Crippen molar-refractivity contribution in [3.63, 3.8) is 0 Å². The maximum absolute atomic E-state index is 12.2. The van der Waals surface area contributed by atoms with Crippen LogP contribution in [-0.4, -0.2) is 39.9 Å². The van der Waals surface area contributed by atoms with Crippen LogP contribution in [0.2, 0.25) is 0 Å². The highest BCUT2D eigenvalue weighted by Crippen LogP contribution is 2.17. The fraction of sp³-hybridized carbons (Fsp3) is 0.294. The molecule has 1 amide bonds. The summed E-state index contributed by atoms with van der Waals surface area (Å²) in [7, 11) is 0. The Kier molecular flexibility index (Phi) is 4.32. The molecule has 1 N–H and O–H groups in total. The van der Waals surface area contributed by atoms with Gasteiger partial charge in [0.25, 0.3) is 5.91 Å². The van der Waals surface area contributed by atoms with E-state index in [1.165, 1.54) is 6.92 Å². The first-order valence-electron chi connectivity index (χ1n) is 7.64. The SMILES string of the molecule is CC(=O)c1cccc(Nc2ccc(C(=O)N3CCCC3)nn2)c1. The van der Waals surface area contributed by atoms with Crippen LogP contribution in [0.4, 0.5) is 11.5 Å². The first-order chi connectivity index (χ1) is 11.1. The van der Waals surface area contributed by atoms with Crippen LogP contribution < -0.4 is 5.32 Å². The van der Waals surface area contributed by atoms with Gasteiger partial charge in [-0.1, -0.05) is 12.1 Å². The van der Waals surface area contributed by atoms with Crippen LogP contribution in [0.15, 0.2) is 36.4 Å². The maximum atomic E-state index is 12.2. The van der Waals surface area contributed by atoms with Gasteiger partial charge < -0.3 is 10.2 Å². The third-order valence-corrected chi connectivity index (χ3v) is 3.82. The van der Waals surface area contributed by atoms with Gasteiger partial charge in [0.15, 0.2) is 17.3 Å². The number of carbonyl (C=O) groups excluding carboxylic acids is 2. The second-order valence-corrected chi connectivity index (χ2v) is 5.57. The minimum absolute atomic E-state index is 0.00583. The zero-order valence-electron chi connectivity index (χ0n) is 13.0. The molecular weight excluding hydrogens is 292 g/mol. The van der Waals surface area contributed by atoms with Crippen molar-refractivity contribution in [1.29, 1.82) is 0 Å². The van der Waals surface area contributed by atoms with Gasteiger partial charge >= 0.3 is 0 Å². The van der Waals surface area contributed by atoms with Crippen molar-refractivity contribution < 1.29 is 9.59 Å². The highest BCUT2D eigenvalue weighted by Gasteiger charge is 2.20. The molecule has 118 valence electrons. The fourth-order valence-electron chi connectivity index (χ4n) is 2.56. The minimum Gasteiger partial charge on any atom is -0.339 e. The Morgan fingerprint density at radius 3 is 2.52 bits per heavy atom. The number of likely N-dealkylation sites (tertiary alicyclic amines) is 1. The third kappa shape index (κ3) is 3.53. The smallest absolute Gasteiger partial charge is 0.274 e. The first-order valence-corrected chi connectivity index (χ1v) is 7.64. The molecule has 23 heavy (non-hydrogen) atoms. The van der Waals surface area contributed by atoms with Gasteiger partial charge in [-0.2, -0.15) is 0 Å². The molecule has 1 aromatic carbocycles. The van der Waals surface area contributed by atoms with Crippen molar-refractivity contribution >= 4 is 23.2 Å². The molecule has 1 fully saturated rings. The molecule has 0 aliphatic carbocycles. The van der Waals surface area contributed by atoms with Crippen LogP contribution in [0.5, 0.6) is 0 Å². The Morgan fingerprint density at radius 1 is 1.09 bits per heavy atom. The van der Waals surface area contributed by atoms with Crippen LogP contribution in [0.1, 0.15) is 40.6 Å². The van der Waals surface area contributed by atoms with Crippen LogP contribution in [0, 0.1) is 0 Å². The lowest BCUT2D eigenvalue weighted by molar-refractivity contribution is 0.0785. The number of hydrogen-bond donors (Lipinski definition) is 1. The standard InChI is InChI=1S/C17H18N4O2/c1-12(22)13-5-4-6-14(11-13)18-16-8-7-15(19-20-16)17(23)21-9-2-3-10-21/h4-8,11H,2-3,9-10H2,1H3,(H,18,20). The number of anilines is 2. The second-order valence-electron chi connectivity index (χ2n) is 5.57. The molecule has 2 aromatic rings. The van der Waals surface area contributed by atoms with Gasteiger partial charge in [-0.25, -0.2) is 0 Å². The molecule has 2 heterocycles. The summed E-state index contributed by atoms with van der Waals surface area (Å²) in [5, 5.41) is 11.1. The lowest BCUT2D eigenvalue weighted by Gasteiger charge is -2.14. The van der Waals surface area contributed by atoms with Crippen molar-refractivity contribution in [2.75, 3.05) is 18.4 Å². The van der Waals surface area contributed by atoms with Gasteiger partial charge in [-0.15, -0.1) is 10.2 Å². The molecule has 0 spiro atoms. The highest BCUT2D eigenvalue weighted by atomic mass is 16.2. The normalized spacial score (nSPS) is 13.9. The zero-order valence-corrected chi connectivity index (χ0v) is 13.0. The monoisotopic (exact) mass is 310 g/mol. The van der Waals surface area contributed by atoms with Gasteiger partial charge in [-0.05, 0) is 44.0 Å². The van der Waals surface area contributed by atoms with E-state index in [0.29, 0.717) is 17.1 Å². The molecule has 1 aliphatic heterocycles. The summed E-state index contributed by atoms with van der Waals surface area (Å²) in [5.74, 6) is 0.468. The Bertz CT molecular complexity index is 722. The predicted octanol–water partition coefficient (Wildman–Crippen LogP) is 2.66. The summed E-state index contributed by atoms with van der Waals surface area (Å²) in [6, 6.07) is 10.6. The molecule has 1 saturated heterocycles. The molecule has 1 aromatic heterocycles. The average Bonchev–Trinajstić information content (AvgIpc) is 3.09. The molecule has 3 rings (SSSR count). The highest BCUT2D eigenvalue weighted by molar-refractivity contribution is 5.95. The molecule has 0 radical (unpaired) electrons. The summed E-state index contributed by atoms with van der Waals surface area (Å²) in [6.07, 6.45) is 2.09. The van der Waals surface area contributed by atoms with Gasteiger partial charge in [0.05, 0.1) is 0 Å². The number of hydrogen-bond acceptors (Lipinski definition) is 5. The van der Waals surface area contributed by atoms with E-state index < -0.39 is 0 Å². The summed E-state index contributed by atoms with van der Waals surface area (Å²) in [4.78, 5) is 25.4. The van der Waals surface area contributed by atoms with E-state index in [1.54, 1.807) is 35.2 Å². The molecule has 0 bridgehead atoms. The molecule has 6 nitrogen and oxygen atoms in total. The Balaban J connectivity index is 1.71. The number of ketones is 1. The quantitative estimate of drug-likeness (QED) is 0.879. The summed E-state index contributed by atoms with van der Waals surface area (Å²) in [5.41, 5.74) is 1.74. The predicted molar refractivity (Wildman–Crippen MR) is 86.9 cm³/mol. The summed E-state index contributed by atoms with van der Waals surface area (Å²) < 4.78 is 0. The van der Waals surface area contributed by atoms with E-state index in [4.69, 9.17) is 0 Å². The number of carbonyl (C=O) groups is 2. The van der Waals surface area contributed by atoms with E-state index in [9.17, 15) is 9.59 Å². The van der Waals surface area contributed by atoms with E-state index in [0.717, 1.165) is 31.6 Å². The Labute approximate surface area is 134 Å². The fourth-order valence-corrected chi connectivity index (χ4v) is 2.56. The second kappa shape index (κ2) is 6.56. The zero-order chi connectivity index (χ0) is 16.2. The largest absolute Gasteiger partial charge is 0.339 e. The van der Waals surface area contributed by atoms with Crippen molar-refractivity contribution in [2.24, 2.45) is 0 Å². The third-order valence-electron chi connectivity index (χ3n) is 3.82. The van der Waals surface area contributed by atoms with E-state index >= 15 is 0 Å². The number of amides is 1. The lowest BCUT2D eigenvalue weighted by atomic mass is 10.1. The number of Topliss-reactive ketones (excluding diaryl/α,β-unsaturated/α-hetero) is 1. The molecule has 1 aliphatic rings. The van der Waals surface area contributed by atoms with Crippen molar-refractivity contribution in [3.8, 4) is 0 Å². The first kappa shape index (κ1) is 15.1.